The summed E-state index contributed by atoms with van der Waals surface area (Å²) in [6.45, 7) is 22.0. The molecule has 5 heteroatoms. The normalized spacial score (nSPS) is 12.5. The van der Waals surface area contributed by atoms with Gasteiger partial charge in [-0.3, -0.25) is 0 Å². The maximum Gasteiger partial charge on any atom is 0.249 e. The van der Waals surface area contributed by atoms with Crippen molar-refractivity contribution in [3.8, 4) is 22.3 Å². The van der Waals surface area contributed by atoms with E-state index in [1.165, 1.54) is 60.7 Å². The lowest BCUT2D eigenvalue weighted by molar-refractivity contribution is 0.557. The second-order valence-electron chi connectivity index (χ2n) is 23.4. The van der Waals surface area contributed by atoms with Gasteiger partial charge in [0.25, 0.3) is 0 Å². The Morgan fingerprint density at radius 3 is 1.96 bits per heavy atom. The summed E-state index contributed by atoms with van der Waals surface area (Å²) in [4.78, 5) is 4.93. The first-order chi connectivity index (χ1) is 38.8. The monoisotopic (exact) mass is 1040 g/mol. The molecule has 1 aliphatic heterocycles. The number of nitrogens with zero attached hydrogens (tertiary/aromatic N) is 2. The Labute approximate surface area is 473 Å². The quantitative estimate of drug-likeness (QED) is 0.0976. The first kappa shape index (κ1) is 51.7. The standard InChI is InChI=1S/C75H68BN3O/c1-10-12-27-63-64-30-21-29-62(73(64)80-70(63)11-2)52-31-39-57(40-32-52)77-66-47-50(3)48-69-72(66)76(65-49-55(75(7,8)9)36-46-67(65)79(69)60-41-34-54(35-42-60)74(4,5)6)56-37-43-59(44-38-56)78(58-25-17-14-18-26-58)68-45-33-51-22-19-20-28-61(51)71(68)53-23-15-13-16-24-53/h10,12-49,77H,1,11H2,2-9H3/b27-12-. The molecule has 1 aromatic heterocycles. The van der Waals surface area contributed by atoms with Crippen LogP contribution in [0.15, 0.2) is 242 Å². The zero-order chi connectivity index (χ0) is 55.3. The Bertz CT molecular complexity index is 4100. The predicted octanol–water partition coefficient (Wildman–Crippen LogP) is 19.1. The summed E-state index contributed by atoms with van der Waals surface area (Å²) < 4.78 is 6.61. The first-order valence-corrected chi connectivity index (χ1v) is 28.2. The van der Waals surface area contributed by atoms with E-state index in [2.05, 4.69) is 302 Å². The van der Waals surface area contributed by atoms with Crippen molar-refractivity contribution in [3.05, 3.63) is 265 Å². The number of fused-ring (bicyclic) bond motifs is 4. The number of nitrogens with one attached hydrogen (secondary N) is 1. The molecule has 4 nitrogen and oxygen atoms in total. The first-order valence-electron chi connectivity index (χ1n) is 28.2. The lowest BCUT2D eigenvalue weighted by Gasteiger charge is -2.39. The number of benzene rings is 10. The molecule has 80 heavy (non-hydrogen) atoms. The lowest BCUT2D eigenvalue weighted by Crippen LogP contribution is -2.58. The smallest absolute Gasteiger partial charge is 0.249 e. The average molecular weight is 1040 g/mol. The van der Waals surface area contributed by atoms with Gasteiger partial charge in [0.05, 0.1) is 5.69 Å². The summed E-state index contributed by atoms with van der Waals surface area (Å²) in [5.74, 6) is 0.975. The summed E-state index contributed by atoms with van der Waals surface area (Å²) in [6.07, 6.45) is 6.71. The topological polar surface area (TPSA) is 31.7 Å². The molecule has 0 amide bonds. The number of furan rings is 1. The van der Waals surface area contributed by atoms with Gasteiger partial charge in [-0.25, -0.2) is 0 Å². The van der Waals surface area contributed by atoms with Crippen LogP contribution in [0.1, 0.15) is 76.5 Å². The van der Waals surface area contributed by atoms with E-state index in [-0.39, 0.29) is 17.5 Å². The van der Waals surface area contributed by atoms with Crippen molar-refractivity contribution in [2.24, 2.45) is 0 Å². The van der Waals surface area contributed by atoms with Crippen LogP contribution < -0.4 is 31.5 Å². The van der Waals surface area contributed by atoms with Crippen LogP contribution in [0.5, 0.6) is 0 Å². The van der Waals surface area contributed by atoms with Gasteiger partial charge in [-0.15, -0.1) is 0 Å². The van der Waals surface area contributed by atoms with Gasteiger partial charge >= 0.3 is 0 Å². The van der Waals surface area contributed by atoms with E-state index in [1.54, 1.807) is 0 Å². The highest BCUT2D eigenvalue weighted by molar-refractivity contribution is 6.99. The minimum atomic E-state index is -0.136. The molecule has 1 aliphatic rings. The molecular formula is C75H68BN3O. The van der Waals surface area contributed by atoms with Crippen LogP contribution in [0.4, 0.5) is 45.5 Å². The van der Waals surface area contributed by atoms with Crippen molar-refractivity contribution < 1.29 is 4.42 Å². The van der Waals surface area contributed by atoms with Gasteiger partial charge in [0.2, 0.25) is 6.71 Å². The summed E-state index contributed by atoms with van der Waals surface area (Å²) in [5, 5.41) is 7.58. The molecule has 0 unspecified atom stereocenters. The van der Waals surface area contributed by atoms with E-state index >= 15 is 0 Å². The van der Waals surface area contributed by atoms with Gasteiger partial charge in [-0.05, 0) is 140 Å². The number of anilines is 8. The van der Waals surface area contributed by atoms with E-state index < -0.39 is 0 Å². The van der Waals surface area contributed by atoms with E-state index in [4.69, 9.17) is 4.42 Å². The van der Waals surface area contributed by atoms with E-state index in [0.29, 0.717) is 0 Å². The van der Waals surface area contributed by atoms with Crippen molar-refractivity contribution in [1.82, 2.24) is 0 Å². The number of aryl methyl sites for hydroxylation is 2. The number of para-hydroxylation sites is 2. The van der Waals surface area contributed by atoms with Gasteiger partial charge < -0.3 is 19.5 Å². The van der Waals surface area contributed by atoms with E-state index in [9.17, 15) is 0 Å². The fourth-order valence-electron chi connectivity index (χ4n) is 11.9. The van der Waals surface area contributed by atoms with Gasteiger partial charge in [-0.1, -0.05) is 224 Å². The molecular weight excluding hydrogens is 970 g/mol. The van der Waals surface area contributed by atoms with Crippen LogP contribution in [-0.2, 0) is 17.3 Å². The Morgan fingerprint density at radius 1 is 0.600 bits per heavy atom. The van der Waals surface area contributed by atoms with Gasteiger partial charge in [0.15, 0.2) is 0 Å². The summed E-state index contributed by atoms with van der Waals surface area (Å²) in [7, 11) is 0. The number of rotatable bonds is 12. The Balaban J connectivity index is 1.03. The average Bonchev–Trinajstić information content (AvgIpc) is 3.78. The zero-order valence-electron chi connectivity index (χ0n) is 47.3. The molecule has 0 spiro atoms. The fourth-order valence-corrected chi connectivity index (χ4v) is 11.9. The molecule has 0 bridgehead atoms. The van der Waals surface area contributed by atoms with Gasteiger partial charge in [-0.2, -0.15) is 0 Å². The van der Waals surface area contributed by atoms with Crippen LogP contribution in [-0.4, -0.2) is 6.71 Å². The molecule has 2 heterocycles. The number of hydrogen-bond donors (Lipinski definition) is 1. The van der Waals surface area contributed by atoms with Crippen LogP contribution in [0.3, 0.4) is 0 Å². The van der Waals surface area contributed by atoms with Crippen LogP contribution in [0.25, 0.3) is 50.1 Å². The molecule has 0 radical (unpaired) electrons. The molecule has 0 fully saturated rings. The highest BCUT2D eigenvalue weighted by Gasteiger charge is 2.39. The van der Waals surface area contributed by atoms with Gasteiger partial charge in [0, 0.05) is 68.3 Å². The summed E-state index contributed by atoms with van der Waals surface area (Å²) in [6, 6.07) is 80.8. The SMILES string of the molecule is C=C/C=C\c1c(CC)oc2c(-c3ccc(Nc4cc(C)cc5c4B(c4ccc(N(c6ccccc6)c6ccc7ccccc7c6-c6ccccc6)cc4)c4cc(C(C)(C)C)ccc4N5c4ccc(C(C)(C)C)cc4)cc3)cccc12. The van der Waals surface area contributed by atoms with E-state index in [1.807, 2.05) is 12.2 Å². The van der Waals surface area contributed by atoms with Crippen molar-refractivity contribution in [2.45, 2.75) is 72.6 Å². The molecule has 392 valence electrons. The molecule has 12 rings (SSSR count). The molecule has 0 saturated heterocycles. The molecule has 1 N–H and O–H groups in total. The largest absolute Gasteiger partial charge is 0.460 e. The van der Waals surface area contributed by atoms with Gasteiger partial charge in [0.1, 0.15) is 11.3 Å². The Hall–Kier alpha value is -9.06. The highest BCUT2D eigenvalue weighted by atomic mass is 16.3. The third kappa shape index (κ3) is 9.61. The fraction of sp³-hybridized carbons (Fsp3) is 0.147. The molecule has 0 saturated carbocycles. The third-order valence-electron chi connectivity index (χ3n) is 16.0. The van der Waals surface area contributed by atoms with Crippen molar-refractivity contribution in [3.63, 3.8) is 0 Å². The Kier molecular flexibility index (Phi) is 13.5. The summed E-state index contributed by atoms with van der Waals surface area (Å²) in [5.41, 5.74) is 22.8. The Morgan fingerprint density at radius 2 is 1.26 bits per heavy atom. The second-order valence-corrected chi connectivity index (χ2v) is 23.4. The van der Waals surface area contributed by atoms with Crippen molar-refractivity contribution in [2.75, 3.05) is 15.1 Å². The highest BCUT2D eigenvalue weighted by Crippen LogP contribution is 2.46. The third-order valence-corrected chi connectivity index (χ3v) is 16.0. The second kappa shape index (κ2) is 21.0. The van der Waals surface area contributed by atoms with Crippen LogP contribution in [0.2, 0.25) is 0 Å². The number of hydrogen-bond acceptors (Lipinski definition) is 4. The molecule has 0 atom stereocenters. The maximum absolute atomic E-state index is 6.61. The van der Waals surface area contributed by atoms with Crippen LogP contribution >= 0.6 is 0 Å². The minimum absolute atomic E-state index is 0.0143. The van der Waals surface area contributed by atoms with Crippen molar-refractivity contribution in [1.29, 1.82) is 0 Å². The maximum atomic E-state index is 6.61. The van der Waals surface area contributed by atoms with E-state index in [0.717, 1.165) is 79.7 Å². The zero-order valence-corrected chi connectivity index (χ0v) is 47.3. The minimum Gasteiger partial charge on any atom is -0.460 e. The predicted molar refractivity (Wildman–Crippen MR) is 346 cm³/mol. The number of allylic oxidation sites excluding steroid dienone is 2. The van der Waals surface area contributed by atoms with Crippen LogP contribution in [0, 0.1) is 6.92 Å². The summed E-state index contributed by atoms with van der Waals surface area (Å²) >= 11 is 0. The molecule has 11 aromatic rings. The van der Waals surface area contributed by atoms with Crippen molar-refractivity contribution >= 4 is 96.4 Å². The molecule has 10 aromatic carbocycles. The molecule has 0 aliphatic carbocycles. The lowest BCUT2D eigenvalue weighted by atomic mass is 9.34.